The van der Waals surface area contributed by atoms with E-state index in [1.165, 1.54) is 10.9 Å². The number of hydrogen-bond donors (Lipinski definition) is 1. The molecule has 0 spiro atoms. The predicted octanol–water partition coefficient (Wildman–Crippen LogP) is 4.94. The molecule has 0 unspecified atom stereocenters. The Hall–Kier alpha value is -2.30. The lowest BCUT2D eigenvalue weighted by molar-refractivity contribution is 0.0558. The van der Waals surface area contributed by atoms with Crippen LogP contribution in [0.15, 0.2) is 60.9 Å². The molecule has 29 heavy (non-hydrogen) atoms. The number of hydrogen-bond acceptors (Lipinski definition) is 4. The van der Waals surface area contributed by atoms with Gasteiger partial charge in [-0.2, -0.15) is 0 Å². The zero-order chi connectivity index (χ0) is 20.5. The van der Waals surface area contributed by atoms with Crippen LogP contribution in [0.25, 0.3) is 10.9 Å². The maximum absolute atomic E-state index is 4.62. The van der Waals surface area contributed by atoms with E-state index >= 15 is 0 Å². The minimum atomic E-state index is 0.106. The Bertz CT molecular complexity index is 943. The second-order valence-corrected chi connectivity index (χ2v) is 9.67. The number of piperidine rings is 1. The highest BCUT2D eigenvalue weighted by Gasteiger charge is 2.40. The first-order valence-corrected chi connectivity index (χ1v) is 10.6. The molecule has 3 heterocycles. The standard InChI is InChI=1S/C25H32N4/c1-24(2)15-21(16-25(3,4)28-24)29(18-20-9-7-8-13-26-20)17-19-12-14-27-23-11-6-5-10-22(19)23/h5-14,21,28H,15-18H2,1-4H3. The molecule has 0 bridgehead atoms. The highest BCUT2D eigenvalue weighted by molar-refractivity contribution is 5.81. The molecule has 3 aromatic rings. The fraction of sp³-hybridized carbons (Fsp3) is 0.440. The Kier molecular flexibility index (Phi) is 5.41. The van der Waals surface area contributed by atoms with Crippen LogP contribution in [-0.2, 0) is 13.1 Å². The number of nitrogens with one attached hydrogen (secondary N) is 1. The average molecular weight is 389 g/mol. The Morgan fingerprint density at radius 3 is 2.31 bits per heavy atom. The van der Waals surface area contributed by atoms with Gasteiger partial charge in [-0.15, -0.1) is 0 Å². The van der Waals surface area contributed by atoms with Gasteiger partial charge in [0.15, 0.2) is 0 Å². The van der Waals surface area contributed by atoms with Crippen LogP contribution in [0.2, 0.25) is 0 Å². The second kappa shape index (κ2) is 7.85. The second-order valence-electron chi connectivity index (χ2n) is 9.67. The lowest BCUT2D eigenvalue weighted by Crippen LogP contribution is -2.62. The van der Waals surface area contributed by atoms with Crippen molar-refractivity contribution < 1.29 is 0 Å². The van der Waals surface area contributed by atoms with Crippen LogP contribution in [0.4, 0.5) is 0 Å². The molecule has 152 valence electrons. The summed E-state index contributed by atoms with van der Waals surface area (Å²) in [5.74, 6) is 0. The maximum Gasteiger partial charge on any atom is 0.0705 e. The summed E-state index contributed by atoms with van der Waals surface area (Å²) in [5, 5.41) is 5.07. The van der Waals surface area contributed by atoms with Gasteiger partial charge in [0.1, 0.15) is 0 Å². The number of rotatable bonds is 5. The minimum Gasteiger partial charge on any atom is -0.307 e. The van der Waals surface area contributed by atoms with Crippen LogP contribution >= 0.6 is 0 Å². The number of nitrogens with zero attached hydrogens (tertiary/aromatic N) is 3. The largest absolute Gasteiger partial charge is 0.307 e. The van der Waals surface area contributed by atoms with Crippen LogP contribution in [0.1, 0.15) is 51.8 Å². The highest BCUT2D eigenvalue weighted by atomic mass is 15.2. The summed E-state index contributed by atoms with van der Waals surface area (Å²) in [6, 6.07) is 17.3. The molecule has 1 aliphatic rings. The molecule has 0 saturated carbocycles. The van der Waals surface area contributed by atoms with Crippen LogP contribution in [0, 0.1) is 0 Å². The molecule has 0 atom stereocenters. The van der Waals surface area contributed by atoms with Gasteiger partial charge < -0.3 is 5.32 Å². The van der Waals surface area contributed by atoms with Crippen molar-refractivity contribution >= 4 is 10.9 Å². The molecule has 4 nitrogen and oxygen atoms in total. The smallest absolute Gasteiger partial charge is 0.0705 e. The van der Waals surface area contributed by atoms with Crippen LogP contribution < -0.4 is 5.32 Å². The number of pyridine rings is 2. The molecular formula is C25H32N4. The molecule has 2 aromatic heterocycles. The molecule has 0 aliphatic carbocycles. The Morgan fingerprint density at radius 2 is 1.59 bits per heavy atom. The van der Waals surface area contributed by atoms with E-state index in [4.69, 9.17) is 0 Å². The van der Waals surface area contributed by atoms with E-state index in [0.717, 1.165) is 37.1 Å². The average Bonchev–Trinajstić information content (AvgIpc) is 2.66. The third kappa shape index (κ3) is 4.82. The molecule has 1 fully saturated rings. The number of benzene rings is 1. The van der Waals surface area contributed by atoms with E-state index in [1.807, 2.05) is 18.5 Å². The molecule has 4 rings (SSSR count). The first-order valence-electron chi connectivity index (χ1n) is 10.6. The van der Waals surface area contributed by atoms with Gasteiger partial charge in [-0.3, -0.25) is 14.9 Å². The van der Waals surface area contributed by atoms with Gasteiger partial charge in [-0.05, 0) is 70.4 Å². The summed E-state index contributed by atoms with van der Waals surface area (Å²) >= 11 is 0. The number of fused-ring (bicyclic) bond motifs is 1. The van der Waals surface area contributed by atoms with Gasteiger partial charge in [-0.1, -0.05) is 24.3 Å². The van der Waals surface area contributed by atoms with Crippen molar-refractivity contribution in [2.45, 2.75) is 70.7 Å². The Balaban J connectivity index is 1.68. The van der Waals surface area contributed by atoms with Crippen molar-refractivity contribution in [1.82, 2.24) is 20.2 Å². The van der Waals surface area contributed by atoms with Gasteiger partial charge in [-0.25, -0.2) is 0 Å². The van der Waals surface area contributed by atoms with Crippen molar-refractivity contribution in [1.29, 1.82) is 0 Å². The highest BCUT2D eigenvalue weighted by Crippen LogP contribution is 2.33. The van der Waals surface area contributed by atoms with E-state index < -0.39 is 0 Å². The first kappa shape index (κ1) is 20.0. The SMILES string of the molecule is CC1(C)CC(N(Cc2ccccn2)Cc2ccnc3ccccc23)CC(C)(C)N1. The Labute approximate surface area is 174 Å². The van der Waals surface area contributed by atoms with Crippen LogP contribution in [0.5, 0.6) is 0 Å². The van der Waals surface area contributed by atoms with Gasteiger partial charge in [0.05, 0.1) is 11.2 Å². The van der Waals surface area contributed by atoms with Crippen LogP contribution in [0.3, 0.4) is 0 Å². The van der Waals surface area contributed by atoms with Crippen molar-refractivity contribution in [2.75, 3.05) is 0 Å². The van der Waals surface area contributed by atoms with Crippen LogP contribution in [-0.4, -0.2) is 32.0 Å². The summed E-state index contributed by atoms with van der Waals surface area (Å²) in [5.41, 5.74) is 3.74. The number of aromatic nitrogens is 2. The van der Waals surface area contributed by atoms with E-state index in [-0.39, 0.29) is 11.1 Å². The lowest BCUT2D eigenvalue weighted by Gasteiger charge is -2.49. The van der Waals surface area contributed by atoms with E-state index in [9.17, 15) is 0 Å². The van der Waals surface area contributed by atoms with Crippen molar-refractivity contribution in [3.8, 4) is 0 Å². The normalized spacial score (nSPS) is 18.9. The quantitative estimate of drug-likeness (QED) is 0.672. The topological polar surface area (TPSA) is 41.1 Å². The summed E-state index contributed by atoms with van der Waals surface area (Å²) in [7, 11) is 0. The van der Waals surface area contributed by atoms with Crippen molar-refractivity contribution in [3.63, 3.8) is 0 Å². The molecular weight excluding hydrogens is 356 g/mol. The van der Waals surface area contributed by atoms with Gasteiger partial charge in [0, 0.05) is 48.0 Å². The third-order valence-electron chi connectivity index (χ3n) is 5.89. The van der Waals surface area contributed by atoms with Gasteiger partial charge in [0.25, 0.3) is 0 Å². The minimum absolute atomic E-state index is 0.106. The fourth-order valence-electron chi connectivity index (χ4n) is 5.05. The summed E-state index contributed by atoms with van der Waals surface area (Å²) in [6.45, 7) is 11.0. The summed E-state index contributed by atoms with van der Waals surface area (Å²) < 4.78 is 0. The molecule has 0 radical (unpaired) electrons. The summed E-state index contributed by atoms with van der Waals surface area (Å²) in [4.78, 5) is 11.8. The zero-order valence-corrected chi connectivity index (χ0v) is 18.0. The van der Waals surface area contributed by atoms with E-state index in [1.54, 1.807) is 0 Å². The summed E-state index contributed by atoms with van der Waals surface area (Å²) in [6.07, 6.45) is 6.07. The molecule has 0 amide bonds. The number of para-hydroxylation sites is 1. The maximum atomic E-state index is 4.62. The zero-order valence-electron chi connectivity index (χ0n) is 18.0. The molecule has 1 aromatic carbocycles. The third-order valence-corrected chi connectivity index (χ3v) is 5.89. The van der Waals surface area contributed by atoms with Gasteiger partial charge in [0.2, 0.25) is 0 Å². The van der Waals surface area contributed by atoms with Crippen molar-refractivity contribution in [2.24, 2.45) is 0 Å². The molecule has 1 N–H and O–H groups in total. The fourth-order valence-corrected chi connectivity index (χ4v) is 5.05. The predicted molar refractivity (Wildman–Crippen MR) is 120 cm³/mol. The lowest BCUT2D eigenvalue weighted by atomic mass is 9.79. The monoisotopic (exact) mass is 388 g/mol. The molecule has 1 aliphatic heterocycles. The first-order chi connectivity index (χ1) is 13.8. The van der Waals surface area contributed by atoms with Gasteiger partial charge >= 0.3 is 0 Å². The molecule has 1 saturated heterocycles. The Morgan fingerprint density at radius 1 is 0.862 bits per heavy atom. The van der Waals surface area contributed by atoms with E-state index in [2.05, 4.69) is 90.3 Å². The van der Waals surface area contributed by atoms with E-state index in [0.29, 0.717) is 6.04 Å². The molecule has 4 heteroatoms. The van der Waals surface area contributed by atoms with Crippen molar-refractivity contribution in [3.05, 3.63) is 72.2 Å².